The second kappa shape index (κ2) is 6.51. The Kier molecular flexibility index (Phi) is 5.58. The molecule has 0 aliphatic carbocycles. The highest BCUT2D eigenvalue weighted by Gasteiger charge is 2.22. The van der Waals surface area contributed by atoms with Crippen molar-refractivity contribution in [2.75, 3.05) is 25.6 Å². The molecule has 0 amide bonds. The van der Waals surface area contributed by atoms with Crippen LogP contribution in [0.25, 0.3) is 0 Å². The number of sulfonamides is 1. The number of hydrogen-bond donors (Lipinski definition) is 1. The second-order valence-electron chi connectivity index (χ2n) is 3.82. The van der Waals surface area contributed by atoms with Crippen LogP contribution in [0.5, 0.6) is 0 Å². The molecule has 0 saturated carbocycles. The normalized spacial score (nSPS) is 12.0. The topological polar surface area (TPSA) is 73.2 Å². The van der Waals surface area contributed by atoms with E-state index >= 15 is 0 Å². The minimum Gasteiger partial charge on any atom is -0.379 e. The van der Waals surface area contributed by atoms with Crippen molar-refractivity contribution in [1.82, 2.24) is 14.5 Å². The van der Waals surface area contributed by atoms with Gasteiger partial charge >= 0.3 is 0 Å². The van der Waals surface area contributed by atoms with Gasteiger partial charge in [0.25, 0.3) is 0 Å². The van der Waals surface area contributed by atoms with E-state index in [1.54, 1.807) is 25.6 Å². The molecule has 1 rings (SSSR count). The summed E-state index contributed by atoms with van der Waals surface area (Å²) in [6, 6.07) is 0. The molecule has 1 aromatic heterocycles. The molecule has 1 N–H and O–H groups in total. The molecule has 0 unspecified atom stereocenters. The van der Waals surface area contributed by atoms with Crippen LogP contribution in [0.1, 0.15) is 11.4 Å². The van der Waals surface area contributed by atoms with Crippen LogP contribution in [0.4, 0.5) is 0 Å². The Labute approximate surface area is 112 Å². The van der Waals surface area contributed by atoms with Crippen LogP contribution >= 0.6 is 11.6 Å². The zero-order valence-electron chi connectivity index (χ0n) is 10.7. The first-order valence-corrected chi connectivity index (χ1v) is 7.55. The minimum atomic E-state index is -3.53. The number of nitrogens with one attached hydrogen (secondary N) is 1. The van der Waals surface area contributed by atoms with Crippen LogP contribution in [0, 0.1) is 13.8 Å². The molecular formula is C10H18ClN3O3S. The number of aryl methyl sites for hydroxylation is 2. The summed E-state index contributed by atoms with van der Waals surface area (Å²) in [4.78, 5) is 0.238. The van der Waals surface area contributed by atoms with Crippen molar-refractivity contribution in [2.45, 2.75) is 18.7 Å². The molecular weight excluding hydrogens is 278 g/mol. The van der Waals surface area contributed by atoms with Gasteiger partial charge in [-0.2, -0.15) is 5.10 Å². The average molecular weight is 296 g/mol. The first kappa shape index (κ1) is 15.4. The molecule has 0 radical (unpaired) electrons. The lowest BCUT2D eigenvalue weighted by Crippen LogP contribution is -2.28. The highest BCUT2D eigenvalue weighted by atomic mass is 35.5. The summed E-state index contributed by atoms with van der Waals surface area (Å²) >= 11 is 5.44. The van der Waals surface area contributed by atoms with Crippen molar-refractivity contribution in [3.8, 4) is 0 Å². The second-order valence-corrected chi connectivity index (χ2v) is 5.90. The highest BCUT2D eigenvalue weighted by Crippen LogP contribution is 2.17. The Morgan fingerprint density at radius 1 is 1.39 bits per heavy atom. The van der Waals surface area contributed by atoms with E-state index in [-0.39, 0.29) is 11.4 Å². The van der Waals surface area contributed by atoms with E-state index in [2.05, 4.69) is 9.82 Å². The number of rotatable bonds is 7. The van der Waals surface area contributed by atoms with E-state index in [0.717, 1.165) is 0 Å². The molecule has 1 aromatic rings. The van der Waals surface area contributed by atoms with Gasteiger partial charge in [0.15, 0.2) is 0 Å². The minimum absolute atomic E-state index is 0.215. The van der Waals surface area contributed by atoms with E-state index in [1.807, 2.05) is 0 Å². The summed E-state index contributed by atoms with van der Waals surface area (Å²) in [5.41, 5.74) is 1.10. The van der Waals surface area contributed by atoms with E-state index in [1.165, 1.54) is 0 Å². The fourth-order valence-corrected chi connectivity index (χ4v) is 3.18. The maximum atomic E-state index is 12.1. The Balaban J connectivity index is 2.69. The van der Waals surface area contributed by atoms with Gasteiger partial charge in [-0.1, -0.05) is 0 Å². The van der Waals surface area contributed by atoms with Gasteiger partial charge in [-0.05, 0) is 13.8 Å². The number of ether oxygens (including phenoxy) is 1. The van der Waals surface area contributed by atoms with Crippen molar-refractivity contribution in [3.63, 3.8) is 0 Å². The molecule has 104 valence electrons. The lowest BCUT2D eigenvalue weighted by atomic mass is 10.4. The summed E-state index contributed by atoms with van der Waals surface area (Å²) in [6.45, 7) is 4.32. The number of aromatic nitrogens is 2. The van der Waals surface area contributed by atoms with Gasteiger partial charge in [-0.3, -0.25) is 4.68 Å². The van der Waals surface area contributed by atoms with Crippen molar-refractivity contribution >= 4 is 21.6 Å². The molecule has 6 nitrogen and oxygen atoms in total. The Bertz CT molecular complexity index is 499. The predicted molar refractivity (Wildman–Crippen MR) is 69.4 cm³/mol. The number of alkyl halides is 1. The molecule has 1 heterocycles. The van der Waals surface area contributed by atoms with Crippen LogP contribution in [-0.2, 0) is 21.8 Å². The maximum Gasteiger partial charge on any atom is 0.244 e. The standard InChI is InChI=1S/C10H18ClN3O3S/c1-8-10(9(2)14(3)13-8)18(15,16)12-5-7-17-6-4-11/h12H,4-7H2,1-3H3. The van der Waals surface area contributed by atoms with Crippen LogP contribution in [0.2, 0.25) is 0 Å². The third-order valence-electron chi connectivity index (χ3n) is 2.47. The number of nitrogens with zero attached hydrogens (tertiary/aromatic N) is 2. The van der Waals surface area contributed by atoms with E-state index in [4.69, 9.17) is 16.3 Å². The van der Waals surface area contributed by atoms with Crippen LogP contribution in [0.3, 0.4) is 0 Å². The van der Waals surface area contributed by atoms with Gasteiger partial charge in [0, 0.05) is 19.5 Å². The fraction of sp³-hybridized carbons (Fsp3) is 0.700. The Hall–Kier alpha value is -0.630. The predicted octanol–water partition coefficient (Wildman–Crippen LogP) is 0.571. The van der Waals surface area contributed by atoms with Crippen LogP contribution in [-0.4, -0.2) is 43.8 Å². The van der Waals surface area contributed by atoms with Crippen molar-refractivity contribution < 1.29 is 13.2 Å². The molecule has 0 aliphatic heterocycles. The lowest BCUT2D eigenvalue weighted by molar-refractivity contribution is 0.155. The van der Waals surface area contributed by atoms with Crippen LogP contribution in [0.15, 0.2) is 4.90 Å². The summed E-state index contributed by atoms with van der Waals surface area (Å²) in [5, 5.41) is 4.08. The zero-order valence-corrected chi connectivity index (χ0v) is 12.3. The van der Waals surface area contributed by atoms with E-state index < -0.39 is 10.0 Å². The molecule has 0 saturated heterocycles. The Morgan fingerprint density at radius 3 is 2.56 bits per heavy atom. The quantitative estimate of drug-likeness (QED) is 0.590. The van der Waals surface area contributed by atoms with Crippen molar-refractivity contribution in [2.24, 2.45) is 7.05 Å². The molecule has 0 bridgehead atoms. The van der Waals surface area contributed by atoms with Gasteiger partial charge in [0.2, 0.25) is 10.0 Å². The summed E-state index contributed by atoms with van der Waals surface area (Å²) < 4.78 is 33.3. The number of hydrogen-bond acceptors (Lipinski definition) is 4. The SMILES string of the molecule is Cc1nn(C)c(C)c1S(=O)(=O)NCCOCCCl. The van der Waals surface area contributed by atoms with Crippen LogP contribution < -0.4 is 4.72 Å². The van der Waals surface area contributed by atoms with Crippen molar-refractivity contribution in [1.29, 1.82) is 0 Å². The summed E-state index contributed by atoms with van der Waals surface area (Å²) in [6.07, 6.45) is 0. The van der Waals surface area contributed by atoms with Gasteiger partial charge in [-0.15, -0.1) is 11.6 Å². The van der Waals surface area contributed by atoms with Gasteiger partial charge in [0.05, 0.1) is 24.6 Å². The first-order chi connectivity index (χ1) is 8.40. The summed E-state index contributed by atoms with van der Waals surface area (Å²) in [7, 11) is -1.82. The third-order valence-corrected chi connectivity index (χ3v) is 4.34. The van der Waals surface area contributed by atoms with Gasteiger partial charge < -0.3 is 4.74 Å². The van der Waals surface area contributed by atoms with Gasteiger partial charge in [-0.25, -0.2) is 13.1 Å². The molecule has 0 atom stereocenters. The lowest BCUT2D eigenvalue weighted by Gasteiger charge is -2.07. The largest absolute Gasteiger partial charge is 0.379 e. The molecule has 0 aromatic carbocycles. The molecule has 18 heavy (non-hydrogen) atoms. The zero-order chi connectivity index (χ0) is 13.8. The van der Waals surface area contributed by atoms with E-state index in [0.29, 0.717) is 30.5 Å². The maximum absolute atomic E-state index is 12.1. The smallest absolute Gasteiger partial charge is 0.244 e. The first-order valence-electron chi connectivity index (χ1n) is 5.53. The molecule has 0 fully saturated rings. The van der Waals surface area contributed by atoms with E-state index in [9.17, 15) is 8.42 Å². The molecule has 8 heteroatoms. The third kappa shape index (κ3) is 3.68. The average Bonchev–Trinajstić information content (AvgIpc) is 2.53. The highest BCUT2D eigenvalue weighted by molar-refractivity contribution is 7.89. The molecule has 0 aliphatic rings. The Morgan fingerprint density at radius 2 is 2.06 bits per heavy atom. The van der Waals surface area contributed by atoms with Crippen molar-refractivity contribution in [3.05, 3.63) is 11.4 Å². The molecule has 0 spiro atoms. The monoisotopic (exact) mass is 295 g/mol. The fourth-order valence-electron chi connectivity index (χ4n) is 1.62. The summed E-state index contributed by atoms with van der Waals surface area (Å²) in [5.74, 6) is 0.396. The number of halogens is 1. The van der Waals surface area contributed by atoms with Gasteiger partial charge in [0.1, 0.15) is 4.90 Å².